The van der Waals surface area contributed by atoms with Crippen molar-refractivity contribution in [1.82, 2.24) is 0 Å². The van der Waals surface area contributed by atoms with Crippen molar-refractivity contribution in [3.05, 3.63) is 326 Å². The van der Waals surface area contributed by atoms with Gasteiger partial charge in [0.15, 0.2) is 5.78 Å². The number of carbonyl (C=O) groups is 1. The molecular weight excluding hydrogens is 1250 g/mol. The van der Waals surface area contributed by atoms with Crippen molar-refractivity contribution in [2.75, 3.05) is 0 Å². The molecule has 524 valence electrons. The normalized spacial score (nSPS) is 9.31. The van der Waals surface area contributed by atoms with Crippen LogP contribution in [0.2, 0.25) is 0 Å². The van der Waals surface area contributed by atoms with Crippen LogP contribution in [0.15, 0.2) is 323 Å². The van der Waals surface area contributed by atoms with Gasteiger partial charge in [-0.3, -0.25) is 4.79 Å². The van der Waals surface area contributed by atoms with Crippen LogP contribution in [0, 0.1) is 0 Å². The van der Waals surface area contributed by atoms with Crippen molar-refractivity contribution in [2.24, 2.45) is 0 Å². The van der Waals surface area contributed by atoms with Crippen molar-refractivity contribution in [2.45, 2.75) is 176 Å². The highest BCUT2D eigenvalue weighted by Gasteiger charge is 2.72. The van der Waals surface area contributed by atoms with Crippen LogP contribution in [-0.4, -0.2) is 26.6 Å². The van der Waals surface area contributed by atoms with Crippen LogP contribution in [0.3, 0.4) is 0 Å². The smallest absolute Gasteiger partial charge is 0.411 e. The number of halogens is 6. The minimum absolute atomic E-state index is 0.0752. The highest BCUT2D eigenvalue weighted by molar-refractivity contribution is 7.99. The molecule has 0 aliphatic rings. The maximum atomic E-state index is 13.5. The standard InChI is InChI=1S/C15H10F6.C13H10O.C12H10O2S.C12H10O.C12H10S.10C2H6/c16-14(17,18)13(15(19,20)21,11-7-3-1-4-8-11)12-9-5-2-6-10-12;14-13(11-7-3-1-4-8-11)12-9-5-2-6-10-12;13-15(14,11-7-3-1-4-8-11)12-9-5-2-6-10-12;2*1-3-7-11(8-4-1)13-12-9-5-2-6-10-12;10*1-2/h1-10H;1-10H;1-10H;2*1-10H;10*1-2H3. The van der Waals surface area contributed by atoms with Crippen LogP contribution in [0.1, 0.15) is 166 Å². The van der Waals surface area contributed by atoms with Gasteiger partial charge in [-0.1, -0.05) is 381 Å². The molecule has 0 amide bonds. The number of ketones is 1. The average molecular weight is 1360 g/mol. The molecule has 12 heteroatoms. The predicted octanol–water partition coefficient (Wildman–Crippen LogP) is 28.1. The van der Waals surface area contributed by atoms with E-state index in [-0.39, 0.29) is 5.78 Å². The molecule has 0 aliphatic heterocycles. The number of rotatable bonds is 10. The lowest BCUT2D eigenvalue weighted by Gasteiger charge is -2.38. The first kappa shape index (κ1) is 96.2. The van der Waals surface area contributed by atoms with Crippen LogP contribution < -0.4 is 4.74 Å². The van der Waals surface area contributed by atoms with Gasteiger partial charge in [-0.25, -0.2) is 8.42 Å². The minimum Gasteiger partial charge on any atom is -0.457 e. The number of alkyl halides is 6. The monoisotopic (exact) mass is 1360 g/mol. The van der Waals surface area contributed by atoms with Gasteiger partial charge in [-0.05, 0) is 83.9 Å². The largest absolute Gasteiger partial charge is 0.457 e. The van der Waals surface area contributed by atoms with Gasteiger partial charge < -0.3 is 4.74 Å². The summed E-state index contributed by atoms with van der Waals surface area (Å²) in [5.41, 5.74) is -4.27. The molecule has 0 unspecified atom stereocenters. The Morgan fingerprint density at radius 2 is 0.469 bits per heavy atom. The van der Waals surface area contributed by atoms with E-state index < -0.39 is 38.7 Å². The first-order valence-electron chi connectivity index (χ1n) is 33.5. The summed E-state index contributed by atoms with van der Waals surface area (Å²) in [4.78, 5) is 15.1. The van der Waals surface area contributed by atoms with E-state index >= 15 is 0 Å². The molecule has 0 radical (unpaired) electrons. The Morgan fingerprint density at radius 1 is 0.281 bits per heavy atom. The van der Waals surface area contributed by atoms with Gasteiger partial charge in [-0.15, -0.1) is 0 Å². The van der Waals surface area contributed by atoms with Crippen LogP contribution >= 0.6 is 11.8 Å². The fourth-order valence-electron chi connectivity index (χ4n) is 7.27. The maximum absolute atomic E-state index is 13.5. The maximum Gasteiger partial charge on any atom is 0.411 e. The van der Waals surface area contributed by atoms with E-state index in [4.69, 9.17) is 4.74 Å². The summed E-state index contributed by atoms with van der Waals surface area (Å²) in [6, 6.07) is 86.5. The van der Waals surface area contributed by atoms with E-state index in [2.05, 4.69) is 48.5 Å². The second-order valence-corrected chi connectivity index (χ2v) is 19.2. The zero-order chi connectivity index (χ0) is 74.1. The molecule has 0 heterocycles. The van der Waals surface area contributed by atoms with Crippen molar-refractivity contribution in [1.29, 1.82) is 0 Å². The molecule has 10 aromatic rings. The summed E-state index contributed by atoms with van der Waals surface area (Å²) in [6.07, 6.45) is -11.0. The van der Waals surface area contributed by atoms with E-state index in [9.17, 15) is 39.6 Å². The SMILES string of the molecule is CC.CC.CC.CC.CC.CC.CC.CC.CC.CC.FC(F)(F)C(c1ccccc1)(c1ccccc1)C(F)(F)F.O=C(c1ccccc1)c1ccccc1.O=S(=O)(c1ccccc1)c1ccccc1.c1ccc(Oc2ccccc2)cc1.c1ccc(Sc2ccccc2)cc1. The fraction of sp³-hybridized carbons (Fsp3) is 0.274. The van der Waals surface area contributed by atoms with Crippen LogP contribution in [0.25, 0.3) is 0 Å². The van der Waals surface area contributed by atoms with Gasteiger partial charge in [0.2, 0.25) is 15.3 Å². The zero-order valence-electron chi connectivity index (χ0n) is 60.6. The molecule has 0 atom stereocenters. The second kappa shape index (κ2) is 62.7. The predicted molar refractivity (Wildman–Crippen MR) is 404 cm³/mol. The Balaban J connectivity index is -0.000000339. The van der Waals surface area contributed by atoms with Crippen LogP contribution in [-0.2, 0) is 15.3 Å². The molecule has 0 aliphatic carbocycles. The molecule has 0 bridgehead atoms. The summed E-state index contributed by atoms with van der Waals surface area (Å²) in [5.74, 6) is 1.81. The highest BCUT2D eigenvalue weighted by atomic mass is 32.2. The van der Waals surface area contributed by atoms with Gasteiger partial charge in [0, 0.05) is 20.9 Å². The Labute approximate surface area is 581 Å². The third-order valence-electron chi connectivity index (χ3n) is 10.9. The molecule has 4 nitrogen and oxygen atoms in total. The third-order valence-corrected chi connectivity index (χ3v) is 13.7. The number of benzene rings is 10. The highest BCUT2D eigenvalue weighted by Crippen LogP contribution is 2.56. The molecule has 10 aromatic carbocycles. The lowest BCUT2D eigenvalue weighted by atomic mass is 9.73. The minimum atomic E-state index is -5.52. The van der Waals surface area contributed by atoms with Crippen molar-refractivity contribution in [3.63, 3.8) is 0 Å². The molecule has 0 aromatic heterocycles. The number of sulfone groups is 1. The van der Waals surface area contributed by atoms with Gasteiger partial charge >= 0.3 is 12.4 Å². The Hall–Kier alpha value is -8.45. The first-order valence-corrected chi connectivity index (χ1v) is 35.8. The summed E-state index contributed by atoms with van der Waals surface area (Å²) in [7, 11) is -3.34. The lowest BCUT2D eigenvalue weighted by molar-refractivity contribution is -0.288. The number of ether oxygens (including phenoxy) is 1. The molecule has 96 heavy (non-hydrogen) atoms. The van der Waals surface area contributed by atoms with Gasteiger partial charge in [0.05, 0.1) is 9.79 Å². The van der Waals surface area contributed by atoms with E-state index in [0.717, 1.165) is 71.2 Å². The van der Waals surface area contributed by atoms with E-state index in [1.54, 1.807) is 72.4 Å². The zero-order valence-corrected chi connectivity index (χ0v) is 62.2. The third kappa shape index (κ3) is 36.4. The summed E-state index contributed by atoms with van der Waals surface area (Å²) < 4.78 is 111. The Kier molecular flexibility index (Phi) is 62.8. The molecule has 0 spiro atoms. The van der Waals surface area contributed by atoms with Crippen LogP contribution in [0.4, 0.5) is 26.3 Å². The topological polar surface area (TPSA) is 60.4 Å². The number of para-hydroxylation sites is 2. The average Bonchev–Trinajstić information content (AvgIpc) is 0.722. The van der Waals surface area contributed by atoms with Gasteiger partial charge in [0.25, 0.3) is 0 Å². The molecule has 0 saturated carbocycles. The quantitative estimate of drug-likeness (QED) is 0.101. The molecule has 0 saturated heterocycles. The number of carbonyl (C=O) groups excluding carboxylic acids is 1. The first-order chi connectivity index (χ1) is 46.7. The van der Waals surface area contributed by atoms with E-state index in [1.807, 2.05) is 272 Å². The Morgan fingerprint density at radius 3 is 0.688 bits per heavy atom. The van der Waals surface area contributed by atoms with E-state index in [0.29, 0.717) is 9.79 Å². The molecular formula is C84H110F6O4S2. The summed E-state index contributed by atoms with van der Waals surface area (Å²) in [6.45, 7) is 40.0. The molecule has 0 N–H and O–H groups in total. The number of hydrogen-bond acceptors (Lipinski definition) is 5. The van der Waals surface area contributed by atoms with Crippen LogP contribution in [0.5, 0.6) is 11.5 Å². The number of hydrogen-bond donors (Lipinski definition) is 0. The van der Waals surface area contributed by atoms with Gasteiger partial charge in [0.1, 0.15) is 11.5 Å². The van der Waals surface area contributed by atoms with Gasteiger partial charge in [-0.2, -0.15) is 26.3 Å². The lowest BCUT2D eigenvalue weighted by Crippen LogP contribution is -2.54. The molecule has 10 rings (SSSR count). The van der Waals surface area contributed by atoms with Crippen molar-refractivity contribution >= 4 is 27.4 Å². The fourth-order valence-corrected chi connectivity index (χ4v) is 9.43. The molecule has 0 fully saturated rings. The van der Waals surface area contributed by atoms with E-state index in [1.165, 1.54) is 21.9 Å². The summed E-state index contributed by atoms with van der Waals surface area (Å²) in [5, 5.41) is 0. The van der Waals surface area contributed by atoms with Crippen molar-refractivity contribution < 1.29 is 44.3 Å². The summed E-state index contributed by atoms with van der Waals surface area (Å²) >= 11 is 1.79. The second-order valence-electron chi connectivity index (χ2n) is 16.1. The Bertz CT molecular complexity index is 3020. The van der Waals surface area contributed by atoms with Crippen molar-refractivity contribution in [3.8, 4) is 11.5 Å².